The monoisotopic (exact) mass is 295 g/mol. The average Bonchev–Trinajstić information content (AvgIpc) is 2.39. The van der Waals surface area contributed by atoms with E-state index >= 15 is 0 Å². The SMILES string of the molecule is CC(C)(C)C1CCCCC1NCc1cc(Cl)ccc1O. The van der Waals surface area contributed by atoms with Crippen molar-refractivity contribution in [3.8, 4) is 5.75 Å². The van der Waals surface area contributed by atoms with Crippen LogP contribution in [0.5, 0.6) is 5.75 Å². The summed E-state index contributed by atoms with van der Waals surface area (Å²) >= 11 is 6.00. The molecule has 0 spiro atoms. The van der Waals surface area contributed by atoms with E-state index in [1.807, 2.05) is 6.07 Å². The Morgan fingerprint density at radius 3 is 2.65 bits per heavy atom. The lowest BCUT2D eigenvalue weighted by atomic mass is 9.69. The smallest absolute Gasteiger partial charge is 0.120 e. The standard InChI is InChI=1S/C17H26ClNO/c1-17(2,3)14-6-4-5-7-15(14)19-11-12-10-13(18)8-9-16(12)20/h8-10,14-15,19-20H,4-7,11H2,1-3H3. The van der Waals surface area contributed by atoms with Gasteiger partial charge in [0, 0.05) is 23.2 Å². The fourth-order valence-electron chi connectivity index (χ4n) is 3.35. The maximum Gasteiger partial charge on any atom is 0.120 e. The van der Waals surface area contributed by atoms with E-state index in [1.54, 1.807) is 12.1 Å². The summed E-state index contributed by atoms with van der Waals surface area (Å²) < 4.78 is 0. The minimum absolute atomic E-state index is 0.324. The van der Waals surface area contributed by atoms with Crippen LogP contribution in [-0.2, 0) is 6.54 Å². The van der Waals surface area contributed by atoms with Gasteiger partial charge in [0.25, 0.3) is 0 Å². The Hall–Kier alpha value is -0.730. The highest BCUT2D eigenvalue weighted by Gasteiger charge is 2.33. The normalized spacial score (nSPS) is 23.8. The van der Waals surface area contributed by atoms with Crippen LogP contribution in [0.3, 0.4) is 0 Å². The number of phenolic OH excluding ortho intramolecular Hbond substituents is 1. The van der Waals surface area contributed by atoms with E-state index in [0.717, 1.165) is 5.56 Å². The van der Waals surface area contributed by atoms with Crippen molar-refractivity contribution in [1.29, 1.82) is 0 Å². The van der Waals surface area contributed by atoms with Crippen LogP contribution >= 0.6 is 11.6 Å². The molecule has 1 aliphatic carbocycles. The molecule has 1 saturated carbocycles. The summed E-state index contributed by atoms with van der Waals surface area (Å²) in [7, 11) is 0. The number of aromatic hydroxyl groups is 1. The Labute approximate surface area is 127 Å². The second-order valence-corrected chi connectivity index (χ2v) is 7.45. The van der Waals surface area contributed by atoms with Gasteiger partial charge in [-0.25, -0.2) is 0 Å². The van der Waals surface area contributed by atoms with Crippen molar-refractivity contribution in [3.05, 3.63) is 28.8 Å². The van der Waals surface area contributed by atoms with Crippen molar-refractivity contribution in [3.63, 3.8) is 0 Å². The van der Waals surface area contributed by atoms with Crippen LogP contribution in [0.4, 0.5) is 0 Å². The molecule has 2 nitrogen and oxygen atoms in total. The molecular weight excluding hydrogens is 270 g/mol. The van der Waals surface area contributed by atoms with Crippen molar-refractivity contribution in [1.82, 2.24) is 5.32 Å². The molecule has 2 N–H and O–H groups in total. The number of hydrogen-bond acceptors (Lipinski definition) is 2. The molecule has 3 heteroatoms. The van der Waals surface area contributed by atoms with Crippen LogP contribution in [0, 0.1) is 11.3 Å². The summed E-state index contributed by atoms with van der Waals surface area (Å²) in [6, 6.07) is 5.77. The number of benzene rings is 1. The van der Waals surface area contributed by atoms with Crippen molar-refractivity contribution in [2.24, 2.45) is 11.3 Å². The van der Waals surface area contributed by atoms with E-state index in [-0.39, 0.29) is 0 Å². The topological polar surface area (TPSA) is 32.3 Å². The van der Waals surface area contributed by atoms with Gasteiger partial charge in [0.15, 0.2) is 0 Å². The molecule has 0 amide bonds. The minimum atomic E-state index is 0.324. The van der Waals surface area contributed by atoms with Crippen molar-refractivity contribution >= 4 is 11.6 Å². The van der Waals surface area contributed by atoms with Crippen LogP contribution in [-0.4, -0.2) is 11.1 Å². The highest BCUT2D eigenvalue weighted by molar-refractivity contribution is 6.30. The van der Waals surface area contributed by atoms with Gasteiger partial charge in [0.1, 0.15) is 5.75 Å². The van der Waals surface area contributed by atoms with Gasteiger partial charge in [0.05, 0.1) is 0 Å². The predicted octanol–water partition coefficient (Wildman–Crippen LogP) is 4.74. The van der Waals surface area contributed by atoms with E-state index in [2.05, 4.69) is 26.1 Å². The molecule has 0 radical (unpaired) electrons. The first-order chi connectivity index (χ1) is 9.38. The van der Waals surface area contributed by atoms with E-state index in [4.69, 9.17) is 11.6 Å². The summed E-state index contributed by atoms with van der Waals surface area (Å²) in [5.41, 5.74) is 1.21. The molecule has 1 aromatic carbocycles. The quantitative estimate of drug-likeness (QED) is 0.844. The van der Waals surface area contributed by atoms with Gasteiger partial charge in [-0.3, -0.25) is 0 Å². The fraction of sp³-hybridized carbons (Fsp3) is 0.647. The van der Waals surface area contributed by atoms with Crippen molar-refractivity contribution in [2.75, 3.05) is 0 Å². The molecule has 1 aliphatic rings. The van der Waals surface area contributed by atoms with Crippen LogP contribution in [0.25, 0.3) is 0 Å². The van der Waals surface area contributed by atoms with Crippen LogP contribution in [0.15, 0.2) is 18.2 Å². The molecule has 2 atom stereocenters. The third kappa shape index (κ3) is 3.89. The molecular formula is C17H26ClNO. The summed E-state index contributed by atoms with van der Waals surface area (Å²) in [5.74, 6) is 1.02. The van der Waals surface area contributed by atoms with Gasteiger partial charge in [-0.2, -0.15) is 0 Å². The first kappa shape index (κ1) is 15.7. The molecule has 1 fully saturated rings. The van der Waals surface area contributed by atoms with Crippen LogP contribution < -0.4 is 5.32 Å². The molecule has 0 bridgehead atoms. The molecule has 0 heterocycles. The lowest BCUT2D eigenvalue weighted by Crippen LogP contribution is -2.43. The van der Waals surface area contributed by atoms with Gasteiger partial charge >= 0.3 is 0 Å². The third-order valence-corrected chi connectivity index (χ3v) is 4.71. The van der Waals surface area contributed by atoms with Crippen molar-refractivity contribution < 1.29 is 5.11 Å². The molecule has 0 saturated heterocycles. The first-order valence-electron chi connectivity index (χ1n) is 7.58. The second kappa shape index (κ2) is 6.36. The zero-order valence-electron chi connectivity index (χ0n) is 12.7. The number of nitrogens with one attached hydrogen (secondary N) is 1. The Bertz CT molecular complexity index is 453. The molecule has 20 heavy (non-hydrogen) atoms. The average molecular weight is 296 g/mol. The summed E-state index contributed by atoms with van der Waals surface area (Å²) in [6.07, 6.45) is 5.15. The number of hydrogen-bond donors (Lipinski definition) is 2. The zero-order valence-corrected chi connectivity index (χ0v) is 13.5. The van der Waals surface area contributed by atoms with Gasteiger partial charge in [0.2, 0.25) is 0 Å². The zero-order chi connectivity index (χ0) is 14.8. The Kier molecular flexibility index (Phi) is 4.98. The number of rotatable bonds is 3. The molecule has 2 rings (SSSR count). The predicted molar refractivity (Wildman–Crippen MR) is 85.2 cm³/mol. The highest BCUT2D eigenvalue weighted by Crippen LogP contribution is 2.38. The maximum atomic E-state index is 9.89. The van der Waals surface area contributed by atoms with Gasteiger partial charge in [-0.05, 0) is 42.4 Å². The van der Waals surface area contributed by atoms with Gasteiger partial charge in [-0.15, -0.1) is 0 Å². The Balaban J connectivity index is 2.03. The molecule has 0 aliphatic heterocycles. The van der Waals surface area contributed by atoms with E-state index < -0.39 is 0 Å². The lowest BCUT2D eigenvalue weighted by Gasteiger charge is -2.41. The summed E-state index contributed by atoms with van der Waals surface area (Å²) in [6.45, 7) is 7.67. The third-order valence-electron chi connectivity index (χ3n) is 4.47. The lowest BCUT2D eigenvalue weighted by molar-refractivity contribution is 0.130. The summed E-state index contributed by atoms with van der Waals surface area (Å²) in [4.78, 5) is 0. The highest BCUT2D eigenvalue weighted by atomic mass is 35.5. The maximum absolute atomic E-state index is 9.89. The molecule has 1 aromatic rings. The van der Waals surface area contributed by atoms with Gasteiger partial charge in [-0.1, -0.05) is 45.2 Å². The Morgan fingerprint density at radius 1 is 1.25 bits per heavy atom. The summed E-state index contributed by atoms with van der Waals surface area (Å²) in [5, 5.41) is 14.2. The molecule has 2 unspecified atom stereocenters. The van der Waals surface area contributed by atoms with E-state index in [9.17, 15) is 5.11 Å². The second-order valence-electron chi connectivity index (χ2n) is 7.02. The molecule has 0 aromatic heterocycles. The largest absolute Gasteiger partial charge is 0.508 e. The van der Waals surface area contributed by atoms with E-state index in [1.165, 1.54) is 25.7 Å². The number of phenols is 1. The first-order valence-corrected chi connectivity index (χ1v) is 7.96. The van der Waals surface area contributed by atoms with Crippen LogP contribution in [0.2, 0.25) is 5.02 Å². The minimum Gasteiger partial charge on any atom is -0.508 e. The van der Waals surface area contributed by atoms with Crippen molar-refractivity contribution in [2.45, 2.75) is 59.0 Å². The van der Waals surface area contributed by atoms with Gasteiger partial charge < -0.3 is 10.4 Å². The van der Waals surface area contributed by atoms with Crippen LogP contribution in [0.1, 0.15) is 52.0 Å². The molecule has 112 valence electrons. The number of halogens is 1. The fourth-order valence-corrected chi connectivity index (χ4v) is 3.54. The van der Waals surface area contributed by atoms with E-state index in [0.29, 0.717) is 34.7 Å². The Morgan fingerprint density at radius 2 is 1.95 bits per heavy atom.